The maximum atomic E-state index is 13.4. The van der Waals surface area contributed by atoms with Gasteiger partial charge in [-0.05, 0) is 37.3 Å². The van der Waals surface area contributed by atoms with E-state index in [4.69, 9.17) is 0 Å². The zero-order valence-electron chi connectivity index (χ0n) is 17.4. The van der Waals surface area contributed by atoms with Crippen LogP contribution in [-0.4, -0.2) is 66.3 Å². The summed E-state index contributed by atoms with van der Waals surface area (Å²) in [6, 6.07) is 12.7. The number of rotatable bonds is 3. The summed E-state index contributed by atoms with van der Waals surface area (Å²) in [4.78, 5) is 43.3. The maximum Gasteiger partial charge on any atom is 0.254 e. The lowest BCUT2D eigenvalue weighted by Crippen LogP contribution is -2.52. The molecule has 0 aliphatic carbocycles. The number of piperazine rings is 1. The van der Waals surface area contributed by atoms with Crippen molar-refractivity contribution < 1.29 is 18.8 Å². The number of halogens is 1. The number of nitrogens with zero attached hydrogens (tertiary/aromatic N) is 3. The molecule has 0 radical (unpaired) electrons. The Labute approximate surface area is 180 Å². The Balaban J connectivity index is 1.40. The Morgan fingerprint density at radius 3 is 2.55 bits per heavy atom. The lowest BCUT2D eigenvalue weighted by atomic mass is 10.1. The summed E-state index contributed by atoms with van der Waals surface area (Å²) in [7, 11) is 0. The van der Waals surface area contributed by atoms with Crippen molar-refractivity contribution in [1.29, 1.82) is 0 Å². The summed E-state index contributed by atoms with van der Waals surface area (Å²) in [6.45, 7) is 4.11. The predicted molar refractivity (Wildman–Crippen MR) is 115 cm³/mol. The molecule has 1 fully saturated rings. The van der Waals surface area contributed by atoms with Gasteiger partial charge in [0.1, 0.15) is 5.82 Å². The van der Waals surface area contributed by atoms with Gasteiger partial charge in [0.25, 0.3) is 5.91 Å². The van der Waals surface area contributed by atoms with Gasteiger partial charge in [-0.3, -0.25) is 19.3 Å². The van der Waals surface area contributed by atoms with E-state index >= 15 is 0 Å². The van der Waals surface area contributed by atoms with E-state index in [1.807, 2.05) is 30.0 Å². The number of nitrogens with one attached hydrogen (secondary N) is 1. The molecule has 8 heteroatoms. The lowest BCUT2D eigenvalue weighted by molar-refractivity contribution is -0.120. The van der Waals surface area contributed by atoms with E-state index < -0.39 is 5.82 Å². The largest absolute Gasteiger partial charge is 0.336 e. The first-order valence-corrected chi connectivity index (χ1v) is 10.4. The number of para-hydroxylation sites is 2. The third-order valence-electron chi connectivity index (χ3n) is 5.72. The third-order valence-corrected chi connectivity index (χ3v) is 5.72. The smallest absolute Gasteiger partial charge is 0.254 e. The van der Waals surface area contributed by atoms with Crippen molar-refractivity contribution in [3.05, 3.63) is 59.9 Å². The number of carbonyl (C=O) groups excluding carboxylic acids is 3. The fraction of sp³-hybridized carbons (Fsp3) is 0.348. The van der Waals surface area contributed by atoms with Gasteiger partial charge >= 0.3 is 0 Å². The van der Waals surface area contributed by atoms with Crippen LogP contribution in [0.1, 0.15) is 23.7 Å². The summed E-state index contributed by atoms with van der Waals surface area (Å²) in [6.07, 6.45) is 0.232. The monoisotopic (exact) mass is 424 g/mol. The van der Waals surface area contributed by atoms with Crippen LogP contribution in [-0.2, 0) is 9.59 Å². The minimum Gasteiger partial charge on any atom is -0.336 e. The van der Waals surface area contributed by atoms with Crippen LogP contribution in [0.15, 0.2) is 48.5 Å². The van der Waals surface area contributed by atoms with Crippen LogP contribution in [0.3, 0.4) is 0 Å². The van der Waals surface area contributed by atoms with Crippen molar-refractivity contribution in [2.24, 2.45) is 0 Å². The van der Waals surface area contributed by atoms with Crippen molar-refractivity contribution in [1.82, 2.24) is 9.80 Å². The van der Waals surface area contributed by atoms with Crippen molar-refractivity contribution >= 4 is 29.1 Å². The van der Waals surface area contributed by atoms with Crippen molar-refractivity contribution in [2.75, 3.05) is 42.9 Å². The minimum absolute atomic E-state index is 0.0821. The standard InChI is InChI=1S/C23H25FN4O3/c1-16-13-21(29)25-19-7-2-3-8-20(19)28(16)22(30)15-26-9-11-27(12-10-26)23(31)17-5-4-6-18(24)14-17/h2-8,14,16H,9-13,15H2,1H3,(H,25,29). The molecule has 3 amide bonds. The van der Waals surface area contributed by atoms with Crippen LogP contribution in [0, 0.1) is 5.82 Å². The molecule has 2 aliphatic rings. The minimum atomic E-state index is -0.435. The van der Waals surface area contributed by atoms with Crippen LogP contribution in [0.2, 0.25) is 0 Å². The van der Waals surface area contributed by atoms with Gasteiger partial charge < -0.3 is 15.1 Å². The van der Waals surface area contributed by atoms with E-state index in [0.29, 0.717) is 43.1 Å². The average Bonchev–Trinajstić information content (AvgIpc) is 2.87. The molecule has 0 spiro atoms. The molecule has 1 saturated heterocycles. The van der Waals surface area contributed by atoms with Gasteiger partial charge in [-0.15, -0.1) is 0 Å². The van der Waals surface area contributed by atoms with E-state index in [9.17, 15) is 18.8 Å². The molecule has 2 aromatic carbocycles. The second-order valence-corrected chi connectivity index (χ2v) is 7.96. The summed E-state index contributed by atoms with van der Waals surface area (Å²) in [5.74, 6) is -0.832. The van der Waals surface area contributed by atoms with E-state index in [2.05, 4.69) is 5.32 Å². The Morgan fingerprint density at radius 2 is 1.81 bits per heavy atom. The Hall–Kier alpha value is -3.26. The van der Waals surface area contributed by atoms with E-state index in [-0.39, 0.29) is 36.7 Å². The average molecular weight is 424 g/mol. The van der Waals surface area contributed by atoms with Gasteiger partial charge in [0.2, 0.25) is 11.8 Å². The molecular formula is C23H25FN4O3. The first-order valence-electron chi connectivity index (χ1n) is 10.4. The van der Waals surface area contributed by atoms with Crippen LogP contribution >= 0.6 is 0 Å². The zero-order valence-corrected chi connectivity index (χ0v) is 17.4. The molecular weight excluding hydrogens is 399 g/mol. The number of fused-ring (bicyclic) bond motifs is 1. The number of amides is 3. The first-order chi connectivity index (χ1) is 14.9. The fourth-order valence-corrected chi connectivity index (χ4v) is 4.15. The van der Waals surface area contributed by atoms with E-state index in [0.717, 1.165) is 0 Å². The molecule has 31 heavy (non-hydrogen) atoms. The molecule has 0 aromatic heterocycles. The fourth-order valence-electron chi connectivity index (χ4n) is 4.15. The zero-order chi connectivity index (χ0) is 22.0. The van der Waals surface area contributed by atoms with Crippen molar-refractivity contribution in [3.63, 3.8) is 0 Å². The van der Waals surface area contributed by atoms with Crippen LogP contribution < -0.4 is 10.2 Å². The number of carbonyl (C=O) groups is 3. The van der Waals surface area contributed by atoms with Gasteiger partial charge in [-0.1, -0.05) is 18.2 Å². The van der Waals surface area contributed by atoms with Gasteiger partial charge in [-0.2, -0.15) is 0 Å². The summed E-state index contributed by atoms with van der Waals surface area (Å²) < 4.78 is 13.4. The topological polar surface area (TPSA) is 73.0 Å². The Bertz CT molecular complexity index is 1000. The molecule has 162 valence electrons. The van der Waals surface area contributed by atoms with Gasteiger partial charge in [0.05, 0.1) is 17.9 Å². The van der Waals surface area contributed by atoms with E-state index in [1.165, 1.54) is 18.2 Å². The van der Waals surface area contributed by atoms with Crippen LogP contribution in [0.5, 0.6) is 0 Å². The molecule has 1 N–H and O–H groups in total. The SMILES string of the molecule is CC1CC(=O)Nc2ccccc2N1C(=O)CN1CCN(C(=O)c2cccc(F)c2)CC1. The third kappa shape index (κ3) is 4.59. The van der Waals surface area contributed by atoms with Gasteiger partial charge in [-0.25, -0.2) is 4.39 Å². The normalized spacial score (nSPS) is 19.4. The van der Waals surface area contributed by atoms with Gasteiger partial charge in [0, 0.05) is 44.2 Å². The van der Waals surface area contributed by atoms with Crippen LogP contribution in [0.4, 0.5) is 15.8 Å². The first kappa shape index (κ1) is 21.0. The summed E-state index contributed by atoms with van der Waals surface area (Å²) >= 11 is 0. The molecule has 0 saturated carbocycles. The van der Waals surface area contributed by atoms with Crippen LogP contribution in [0.25, 0.3) is 0 Å². The lowest BCUT2D eigenvalue weighted by Gasteiger charge is -2.36. The second-order valence-electron chi connectivity index (χ2n) is 7.96. The molecule has 1 unspecified atom stereocenters. The second kappa shape index (κ2) is 8.85. The number of benzene rings is 2. The quantitative estimate of drug-likeness (QED) is 0.821. The van der Waals surface area contributed by atoms with Crippen molar-refractivity contribution in [3.8, 4) is 0 Å². The maximum absolute atomic E-state index is 13.4. The summed E-state index contributed by atoms with van der Waals surface area (Å²) in [5.41, 5.74) is 1.66. The summed E-state index contributed by atoms with van der Waals surface area (Å²) in [5, 5.41) is 2.86. The molecule has 7 nitrogen and oxygen atoms in total. The number of anilines is 2. The highest BCUT2D eigenvalue weighted by Crippen LogP contribution is 2.31. The van der Waals surface area contributed by atoms with Gasteiger partial charge in [0.15, 0.2) is 0 Å². The number of hydrogen-bond donors (Lipinski definition) is 1. The predicted octanol–water partition coefficient (Wildman–Crippen LogP) is 2.35. The number of hydrogen-bond acceptors (Lipinski definition) is 4. The van der Waals surface area contributed by atoms with Crippen molar-refractivity contribution in [2.45, 2.75) is 19.4 Å². The Kier molecular flexibility index (Phi) is 5.99. The molecule has 2 aromatic rings. The molecule has 2 aliphatic heterocycles. The molecule has 0 bridgehead atoms. The molecule has 1 atom stereocenters. The molecule has 4 rings (SSSR count). The highest BCUT2D eigenvalue weighted by atomic mass is 19.1. The highest BCUT2D eigenvalue weighted by Gasteiger charge is 2.31. The van der Waals surface area contributed by atoms with E-state index in [1.54, 1.807) is 21.9 Å². The Morgan fingerprint density at radius 1 is 1.06 bits per heavy atom. The molecule has 2 heterocycles. The highest BCUT2D eigenvalue weighted by molar-refractivity contribution is 6.05.